The van der Waals surface area contributed by atoms with Crippen LogP contribution in [0.3, 0.4) is 0 Å². The summed E-state index contributed by atoms with van der Waals surface area (Å²) in [5.74, 6) is 0.921. The first kappa shape index (κ1) is 16.0. The second-order valence-corrected chi connectivity index (χ2v) is 7.06. The highest BCUT2D eigenvalue weighted by atomic mass is 16.3. The number of likely N-dealkylation sites (tertiary alicyclic amines) is 1. The number of hydrogen-bond donors (Lipinski definition) is 0. The fraction of sp³-hybridized carbons (Fsp3) is 0.750. The molecule has 2 rings (SSSR count). The third-order valence-electron chi connectivity index (χ3n) is 4.04. The number of nitrogens with zero attached hydrogens (tertiary/aromatic N) is 3. The van der Waals surface area contributed by atoms with Gasteiger partial charge in [0, 0.05) is 38.5 Å². The van der Waals surface area contributed by atoms with Crippen LogP contribution in [-0.2, 0) is 11.3 Å². The lowest BCUT2D eigenvalue weighted by Gasteiger charge is -2.39. The predicted molar refractivity (Wildman–Crippen MR) is 81.8 cm³/mol. The topological polar surface area (TPSA) is 49.6 Å². The molecule has 1 unspecified atom stereocenters. The third-order valence-corrected chi connectivity index (χ3v) is 4.04. The van der Waals surface area contributed by atoms with Crippen molar-refractivity contribution >= 4 is 5.91 Å². The summed E-state index contributed by atoms with van der Waals surface area (Å²) in [5, 5.41) is 0. The summed E-state index contributed by atoms with van der Waals surface area (Å²) in [7, 11) is 1.93. The van der Waals surface area contributed by atoms with E-state index in [9.17, 15) is 4.79 Å². The molecular weight excluding hydrogens is 266 g/mol. The molecule has 1 atom stereocenters. The minimum absolute atomic E-state index is 0.214. The molecule has 0 radical (unpaired) electrons. The lowest BCUT2D eigenvalue weighted by Crippen LogP contribution is -2.50. The van der Waals surface area contributed by atoms with Gasteiger partial charge < -0.3 is 9.32 Å². The molecule has 21 heavy (non-hydrogen) atoms. The van der Waals surface area contributed by atoms with Crippen LogP contribution in [0.2, 0.25) is 0 Å². The molecule has 5 nitrogen and oxygen atoms in total. The van der Waals surface area contributed by atoms with Gasteiger partial charge in [0.2, 0.25) is 5.91 Å². The number of carbonyl (C=O) groups is 1. The average Bonchev–Trinajstić information content (AvgIpc) is 2.81. The van der Waals surface area contributed by atoms with Gasteiger partial charge in [-0.25, -0.2) is 4.98 Å². The Balaban J connectivity index is 1.95. The molecule has 1 aromatic heterocycles. The van der Waals surface area contributed by atoms with Gasteiger partial charge in [-0.05, 0) is 19.4 Å². The highest BCUT2D eigenvalue weighted by molar-refractivity contribution is 5.81. The molecular formula is C16H27N3O2. The highest BCUT2D eigenvalue weighted by Crippen LogP contribution is 2.22. The molecule has 118 valence electrons. The van der Waals surface area contributed by atoms with Gasteiger partial charge in [0.25, 0.3) is 0 Å². The van der Waals surface area contributed by atoms with Gasteiger partial charge in [-0.2, -0.15) is 0 Å². The Hall–Kier alpha value is -1.36. The molecule has 0 bridgehead atoms. The SMILES string of the molecule is Cc1nc(CN2CCCC(N(C)C(=O)C(C)(C)C)C2)co1. The third kappa shape index (κ3) is 4.06. The van der Waals surface area contributed by atoms with Crippen LogP contribution in [-0.4, -0.2) is 46.9 Å². The van der Waals surface area contributed by atoms with E-state index in [1.807, 2.05) is 39.6 Å². The summed E-state index contributed by atoms with van der Waals surface area (Å²) < 4.78 is 5.26. The van der Waals surface area contributed by atoms with E-state index in [4.69, 9.17) is 4.42 Å². The van der Waals surface area contributed by atoms with Crippen molar-refractivity contribution in [3.05, 3.63) is 17.8 Å². The van der Waals surface area contributed by atoms with Gasteiger partial charge in [0.15, 0.2) is 5.89 Å². The Kier molecular flexibility index (Phi) is 4.71. The van der Waals surface area contributed by atoms with Crippen LogP contribution in [0.25, 0.3) is 0 Å². The summed E-state index contributed by atoms with van der Waals surface area (Å²) in [4.78, 5) is 21.1. The van der Waals surface area contributed by atoms with Crippen LogP contribution >= 0.6 is 0 Å². The maximum absolute atomic E-state index is 12.4. The zero-order chi connectivity index (χ0) is 15.6. The van der Waals surface area contributed by atoms with Gasteiger partial charge in [-0.15, -0.1) is 0 Å². The second-order valence-electron chi connectivity index (χ2n) is 7.06. The number of aromatic nitrogens is 1. The Bertz CT molecular complexity index is 490. The molecule has 1 aliphatic heterocycles. The molecule has 1 amide bonds. The number of rotatable bonds is 3. The Morgan fingerprint density at radius 3 is 2.81 bits per heavy atom. The Morgan fingerprint density at radius 2 is 2.24 bits per heavy atom. The fourth-order valence-corrected chi connectivity index (χ4v) is 2.90. The van der Waals surface area contributed by atoms with E-state index in [1.165, 1.54) is 0 Å². The number of amides is 1. The summed E-state index contributed by atoms with van der Waals surface area (Å²) in [6.07, 6.45) is 3.92. The normalized spacial score (nSPS) is 20.5. The number of oxazole rings is 1. The smallest absolute Gasteiger partial charge is 0.227 e. The molecule has 1 aliphatic rings. The molecule has 0 N–H and O–H groups in total. The van der Waals surface area contributed by atoms with Crippen molar-refractivity contribution in [3.63, 3.8) is 0 Å². The van der Waals surface area contributed by atoms with Gasteiger partial charge in [-0.1, -0.05) is 20.8 Å². The summed E-state index contributed by atoms with van der Waals surface area (Å²) in [5.41, 5.74) is 0.651. The standard InChI is InChI=1S/C16H27N3O2/c1-12-17-13(11-21-12)9-19-8-6-7-14(10-19)18(5)15(20)16(2,3)4/h11,14H,6-10H2,1-5H3. The summed E-state index contributed by atoms with van der Waals surface area (Å²) in [6.45, 7) is 10.5. The monoisotopic (exact) mass is 293 g/mol. The quantitative estimate of drug-likeness (QED) is 0.859. The number of piperidine rings is 1. The van der Waals surface area contributed by atoms with Crippen molar-refractivity contribution < 1.29 is 9.21 Å². The maximum atomic E-state index is 12.4. The Labute approximate surface area is 127 Å². The molecule has 2 heterocycles. The summed E-state index contributed by atoms with van der Waals surface area (Å²) in [6, 6.07) is 0.290. The van der Waals surface area contributed by atoms with Crippen molar-refractivity contribution in [2.75, 3.05) is 20.1 Å². The van der Waals surface area contributed by atoms with E-state index >= 15 is 0 Å². The van der Waals surface area contributed by atoms with E-state index in [0.717, 1.165) is 38.2 Å². The average molecular weight is 293 g/mol. The summed E-state index contributed by atoms with van der Waals surface area (Å²) >= 11 is 0. The Morgan fingerprint density at radius 1 is 1.52 bits per heavy atom. The van der Waals surface area contributed by atoms with E-state index < -0.39 is 0 Å². The maximum Gasteiger partial charge on any atom is 0.227 e. The van der Waals surface area contributed by atoms with E-state index in [1.54, 1.807) is 6.26 Å². The van der Waals surface area contributed by atoms with Crippen molar-refractivity contribution in [3.8, 4) is 0 Å². The molecule has 1 fully saturated rings. The van der Waals surface area contributed by atoms with Gasteiger partial charge >= 0.3 is 0 Å². The zero-order valence-electron chi connectivity index (χ0n) is 13.8. The van der Waals surface area contributed by atoms with Crippen LogP contribution in [0.4, 0.5) is 0 Å². The van der Waals surface area contributed by atoms with Crippen LogP contribution in [0.5, 0.6) is 0 Å². The first-order chi connectivity index (χ1) is 9.77. The fourth-order valence-electron chi connectivity index (χ4n) is 2.90. The first-order valence-electron chi connectivity index (χ1n) is 7.68. The van der Waals surface area contributed by atoms with Crippen molar-refractivity contribution in [2.24, 2.45) is 5.41 Å². The first-order valence-corrected chi connectivity index (χ1v) is 7.68. The number of likely N-dealkylation sites (N-methyl/N-ethyl adjacent to an activating group) is 1. The van der Waals surface area contributed by atoms with Crippen molar-refractivity contribution in [2.45, 2.75) is 53.1 Å². The van der Waals surface area contributed by atoms with E-state index in [2.05, 4.69) is 9.88 Å². The lowest BCUT2D eigenvalue weighted by molar-refractivity contribution is -0.141. The van der Waals surface area contributed by atoms with Crippen LogP contribution in [0.15, 0.2) is 10.7 Å². The van der Waals surface area contributed by atoms with Crippen LogP contribution in [0.1, 0.15) is 45.2 Å². The number of hydrogen-bond acceptors (Lipinski definition) is 4. The predicted octanol–water partition coefficient (Wildman–Crippen LogP) is 2.45. The minimum atomic E-state index is -0.319. The molecule has 0 aromatic carbocycles. The highest BCUT2D eigenvalue weighted by Gasteiger charge is 2.31. The number of carbonyl (C=O) groups excluding carboxylic acids is 1. The molecule has 0 aliphatic carbocycles. The van der Waals surface area contributed by atoms with Crippen LogP contribution in [0, 0.1) is 12.3 Å². The van der Waals surface area contributed by atoms with E-state index in [-0.39, 0.29) is 11.3 Å². The van der Waals surface area contributed by atoms with Crippen molar-refractivity contribution in [1.29, 1.82) is 0 Å². The molecule has 1 saturated heterocycles. The second kappa shape index (κ2) is 6.18. The van der Waals surface area contributed by atoms with Crippen LogP contribution < -0.4 is 0 Å². The minimum Gasteiger partial charge on any atom is -0.449 e. The molecule has 0 spiro atoms. The molecule has 0 saturated carbocycles. The van der Waals surface area contributed by atoms with Crippen molar-refractivity contribution in [1.82, 2.24) is 14.8 Å². The van der Waals surface area contributed by atoms with E-state index in [0.29, 0.717) is 11.9 Å². The van der Waals surface area contributed by atoms with Gasteiger partial charge in [-0.3, -0.25) is 9.69 Å². The van der Waals surface area contributed by atoms with Gasteiger partial charge in [0.1, 0.15) is 6.26 Å². The molecule has 1 aromatic rings. The zero-order valence-corrected chi connectivity index (χ0v) is 13.8. The number of aryl methyl sites for hydroxylation is 1. The molecule has 5 heteroatoms. The largest absolute Gasteiger partial charge is 0.449 e. The van der Waals surface area contributed by atoms with Gasteiger partial charge in [0.05, 0.1) is 5.69 Å². The lowest BCUT2D eigenvalue weighted by atomic mass is 9.93.